The lowest BCUT2D eigenvalue weighted by Gasteiger charge is -2.31. The highest BCUT2D eigenvalue weighted by Crippen LogP contribution is 2.25. The summed E-state index contributed by atoms with van der Waals surface area (Å²) in [6.45, 7) is 1.00. The van der Waals surface area contributed by atoms with Crippen LogP contribution in [-0.2, 0) is 20.0 Å². The van der Waals surface area contributed by atoms with Crippen LogP contribution < -0.4 is 4.72 Å². The van der Waals surface area contributed by atoms with Gasteiger partial charge >= 0.3 is 0 Å². The minimum atomic E-state index is -3.66. The summed E-state index contributed by atoms with van der Waals surface area (Å²) in [5, 5.41) is 1.55. The highest BCUT2D eigenvalue weighted by atomic mass is 32.2. The Morgan fingerprint density at radius 1 is 0.933 bits per heavy atom. The first-order valence-electron chi connectivity index (χ1n) is 9.75. The van der Waals surface area contributed by atoms with Gasteiger partial charge in [0.1, 0.15) is 4.90 Å². The summed E-state index contributed by atoms with van der Waals surface area (Å²) in [7, 11) is -7.23. The molecule has 4 rings (SSSR count). The summed E-state index contributed by atoms with van der Waals surface area (Å²) in [6, 6.07) is 15.7. The van der Waals surface area contributed by atoms with Crippen molar-refractivity contribution in [1.82, 2.24) is 14.0 Å². The molecule has 3 aromatic rings. The molecule has 0 saturated carbocycles. The highest BCUT2D eigenvalue weighted by molar-refractivity contribution is 7.89. The average Bonchev–Trinajstić information content (AvgIpc) is 2.78. The first kappa shape index (κ1) is 20.9. The molecule has 0 amide bonds. The van der Waals surface area contributed by atoms with Crippen molar-refractivity contribution in [2.24, 2.45) is 5.92 Å². The molecule has 1 fully saturated rings. The number of sulfonamides is 2. The van der Waals surface area contributed by atoms with E-state index in [0.29, 0.717) is 31.3 Å². The number of nitrogens with zero attached hydrogens (tertiary/aromatic N) is 2. The Kier molecular flexibility index (Phi) is 5.88. The van der Waals surface area contributed by atoms with Crippen molar-refractivity contribution in [3.63, 3.8) is 0 Å². The fourth-order valence-electron chi connectivity index (χ4n) is 3.74. The Hall–Kier alpha value is -2.33. The number of aromatic nitrogens is 1. The maximum Gasteiger partial charge on any atom is 0.244 e. The smallest absolute Gasteiger partial charge is 0.244 e. The summed E-state index contributed by atoms with van der Waals surface area (Å²) >= 11 is 0. The molecule has 2 aromatic carbocycles. The molecule has 1 saturated heterocycles. The van der Waals surface area contributed by atoms with Crippen LogP contribution >= 0.6 is 0 Å². The summed E-state index contributed by atoms with van der Waals surface area (Å²) < 4.78 is 55.3. The van der Waals surface area contributed by atoms with E-state index in [9.17, 15) is 16.8 Å². The molecule has 1 N–H and O–H groups in total. The molecular weight excluding hydrogens is 422 g/mol. The van der Waals surface area contributed by atoms with Gasteiger partial charge in [0.2, 0.25) is 20.0 Å². The second-order valence-corrected chi connectivity index (χ2v) is 11.0. The molecule has 0 aliphatic carbocycles. The van der Waals surface area contributed by atoms with E-state index in [-0.39, 0.29) is 22.3 Å². The van der Waals surface area contributed by atoms with Crippen molar-refractivity contribution < 1.29 is 16.8 Å². The molecule has 7 nitrogen and oxygen atoms in total. The van der Waals surface area contributed by atoms with Gasteiger partial charge in [-0.25, -0.2) is 21.6 Å². The van der Waals surface area contributed by atoms with Crippen LogP contribution in [0.25, 0.3) is 10.8 Å². The Balaban J connectivity index is 1.40. The minimum absolute atomic E-state index is 0.0788. The zero-order chi connectivity index (χ0) is 21.2. The van der Waals surface area contributed by atoms with E-state index in [1.54, 1.807) is 24.3 Å². The molecule has 0 unspecified atom stereocenters. The van der Waals surface area contributed by atoms with Gasteiger partial charge in [0.15, 0.2) is 0 Å². The number of nitrogens with one attached hydrogen (secondary N) is 1. The second kappa shape index (κ2) is 8.43. The topological polar surface area (TPSA) is 96.4 Å². The van der Waals surface area contributed by atoms with Crippen LogP contribution in [0.15, 0.2) is 76.8 Å². The quantitative estimate of drug-likeness (QED) is 0.629. The third kappa shape index (κ3) is 4.24. The number of benzene rings is 2. The number of pyridine rings is 1. The largest absolute Gasteiger partial charge is 0.263 e. The summed E-state index contributed by atoms with van der Waals surface area (Å²) in [6.07, 6.45) is 4.07. The van der Waals surface area contributed by atoms with Crippen LogP contribution in [0.2, 0.25) is 0 Å². The number of fused-ring (bicyclic) bond motifs is 1. The van der Waals surface area contributed by atoms with Gasteiger partial charge in [0.05, 0.1) is 4.90 Å². The minimum Gasteiger partial charge on any atom is -0.263 e. The molecule has 0 bridgehead atoms. The highest BCUT2D eigenvalue weighted by Gasteiger charge is 2.30. The summed E-state index contributed by atoms with van der Waals surface area (Å²) in [5.41, 5.74) is 0. The number of hydrogen-bond acceptors (Lipinski definition) is 5. The molecule has 9 heteroatoms. The van der Waals surface area contributed by atoms with E-state index in [4.69, 9.17) is 0 Å². The van der Waals surface area contributed by atoms with Crippen LogP contribution in [0.5, 0.6) is 0 Å². The second-order valence-electron chi connectivity index (χ2n) is 7.37. The molecule has 0 spiro atoms. The number of hydrogen-bond donors (Lipinski definition) is 1. The van der Waals surface area contributed by atoms with E-state index < -0.39 is 20.0 Å². The number of piperidine rings is 1. The lowest BCUT2D eigenvalue weighted by atomic mass is 9.99. The van der Waals surface area contributed by atoms with E-state index in [2.05, 4.69) is 9.71 Å². The maximum absolute atomic E-state index is 12.9. The maximum atomic E-state index is 12.9. The fraction of sp³-hybridized carbons (Fsp3) is 0.286. The molecule has 30 heavy (non-hydrogen) atoms. The Morgan fingerprint density at radius 3 is 2.40 bits per heavy atom. The van der Waals surface area contributed by atoms with Crippen LogP contribution in [-0.4, -0.2) is 45.8 Å². The molecule has 1 aromatic heterocycles. The first-order chi connectivity index (χ1) is 14.4. The summed E-state index contributed by atoms with van der Waals surface area (Å²) in [5.74, 6) is 0.0788. The van der Waals surface area contributed by atoms with Crippen molar-refractivity contribution in [3.8, 4) is 0 Å². The van der Waals surface area contributed by atoms with Crippen LogP contribution in [0.4, 0.5) is 0 Å². The van der Waals surface area contributed by atoms with Gasteiger partial charge in [-0.1, -0.05) is 36.4 Å². The Labute approximate surface area is 176 Å². The number of rotatable bonds is 6. The van der Waals surface area contributed by atoms with Gasteiger partial charge in [0.25, 0.3) is 0 Å². The average molecular weight is 446 g/mol. The van der Waals surface area contributed by atoms with Crippen molar-refractivity contribution in [3.05, 3.63) is 67.0 Å². The molecule has 2 heterocycles. The third-order valence-corrected chi connectivity index (χ3v) is 8.81. The van der Waals surface area contributed by atoms with Gasteiger partial charge in [-0.15, -0.1) is 0 Å². The van der Waals surface area contributed by atoms with Gasteiger partial charge in [0, 0.05) is 37.4 Å². The SMILES string of the molecule is O=S(=O)(NCC1CCN(S(=O)(=O)c2cccnc2)CC1)c1cccc2ccccc12. The molecule has 158 valence electrons. The lowest BCUT2D eigenvalue weighted by molar-refractivity contribution is 0.274. The van der Waals surface area contributed by atoms with Gasteiger partial charge in [-0.2, -0.15) is 4.31 Å². The van der Waals surface area contributed by atoms with Crippen LogP contribution in [0.3, 0.4) is 0 Å². The van der Waals surface area contributed by atoms with Crippen molar-refractivity contribution >= 4 is 30.8 Å². The van der Waals surface area contributed by atoms with Crippen LogP contribution in [0, 0.1) is 5.92 Å². The first-order valence-corrected chi connectivity index (χ1v) is 12.7. The zero-order valence-corrected chi connectivity index (χ0v) is 17.9. The molecule has 0 atom stereocenters. The van der Waals surface area contributed by atoms with Gasteiger partial charge < -0.3 is 0 Å². The summed E-state index contributed by atoms with van der Waals surface area (Å²) in [4.78, 5) is 4.33. The lowest BCUT2D eigenvalue weighted by Crippen LogP contribution is -2.41. The third-order valence-electron chi connectivity index (χ3n) is 5.45. The molecule has 1 aliphatic rings. The standard InChI is InChI=1S/C21H23N3O4S2/c25-29(26,21-9-3-6-18-5-1-2-8-20(18)21)23-15-17-10-13-24(14-11-17)30(27,28)19-7-4-12-22-16-19/h1-9,12,16-17,23H,10-11,13-15H2. The molecule has 1 aliphatic heterocycles. The van der Waals surface area contributed by atoms with Crippen molar-refractivity contribution in [1.29, 1.82) is 0 Å². The zero-order valence-electron chi connectivity index (χ0n) is 16.3. The van der Waals surface area contributed by atoms with E-state index >= 15 is 0 Å². The molecule has 0 radical (unpaired) electrons. The Bertz CT molecular complexity index is 1230. The predicted molar refractivity (Wildman–Crippen MR) is 115 cm³/mol. The van der Waals surface area contributed by atoms with Crippen molar-refractivity contribution in [2.45, 2.75) is 22.6 Å². The van der Waals surface area contributed by atoms with Crippen molar-refractivity contribution in [2.75, 3.05) is 19.6 Å². The fourth-order valence-corrected chi connectivity index (χ4v) is 6.52. The normalized spacial score (nSPS) is 16.7. The Morgan fingerprint density at radius 2 is 1.67 bits per heavy atom. The van der Waals surface area contributed by atoms with E-state index in [1.165, 1.54) is 22.8 Å². The predicted octanol–water partition coefficient (Wildman–Crippen LogP) is 2.61. The van der Waals surface area contributed by atoms with E-state index in [0.717, 1.165) is 5.39 Å². The monoisotopic (exact) mass is 445 g/mol. The molecular formula is C21H23N3O4S2. The van der Waals surface area contributed by atoms with Crippen LogP contribution in [0.1, 0.15) is 12.8 Å². The van der Waals surface area contributed by atoms with Gasteiger partial charge in [-0.3, -0.25) is 4.98 Å². The van der Waals surface area contributed by atoms with Gasteiger partial charge in [-0.05, 0) is 42.3 Å². The van der Waals surface area contributed by atoms with E-state index in [1.807, 2.05) is 24.3 Å².